The number of hydrogen-bond donors (Lipinski definition) is 2. The van der Waals surface area contributed by atoms with Crippen LogP contribution in [0.2, 0.25) is 0 Å². The van der Waals surface area contributed by atoms with Gasteiger partial charge in [-0.05, 0) is 12.8 Å². The lowest BCUT2D eigenvalue weighted by Gasteiger charge is -2.11. The van der Waals surface area contributed by atoms with Crippen LogP contribution in [0.1, 0.15) is 64.7 Å². The zero-order valence-electron chi connectivity index (χ0n) is 10.7. The summed E-state index contributed by atoms with van der Waals surface area (Å²) in [5.74, 6) is -0.732. The van der Waals surface area contributed by atoms with Crippen LogP contribution in [-0.4, -0.2) is 11.1 Å². The predicted octanol–water partition coefficient (Wildman–Crippen LogP) is 4.21. The van der Waals surface area contributed by atoms with Crippen LogP contribution in [0.15, 0.2) is 0 Å². The van der Waals surface area contributed by atoms with Gasteiger partial charge in [0.15, 0.2) is 0 Å². The lowest BCUT2D eigenvalue weighted by Crippen LogP contribution is -2.13. The Balaban J connectivity index is 0. The van der Waals surface area contributed by atoms with Gasteiger partial charge in [0.05, 0.1) is 5.92 Å². The third kappa shape index (κ3) is 9.97. The second kappa shape index (κ2) is 12.5. The molecule has 0 spiro atoms. The first kappa shape index (κ1) is 17.8. The number of aliphatic carboxylic acids is 1. The van der Waals surface area contributed by atoms with E-state index in [4.69, 9.17) is 5.11 Å². The highest BCUT2D eigenvalue weighted by molar-refractivity contribution is 5.69. The fourth-order valence-electron chi connectivity index (χ4n) is 1.78. The number of hydrogen-bond acceptors (Lipinski definition) is 2. The third-order valence-corrected chi connectivity index (χ3v) is 2.81. The Morgan fingerprint density at radius 1 is 1.12 bits per heavy atom. The molecule has 0 saturated heterocycles. The van der Waals surface area contributed by atoms with Crippen molar-refractivity contribution in [2.24, 2.45) is 5.92 Å². The van der Waals surface area contributed by atoms with Gasteiger partial charge in [-0.15, -0.1) is 0 Å². The molecule has 0 aromatic carbocycles. The van der Waals surface area contributed by atoms with Gasteiger partial charge in [-0.25, -0.2) is 0 Å². The van der Waals surface area contributed by atoms with Crippen LogP contribution in [0.5, 0.6) is 0 Å². The summed E-state index contributed by atoms with van der Waals surface area (Å²) in [7, 11) is 0. The second-order valence-corrected chi connectivity index (χ2v) is 4.23. The molecule has 0 fully saturated rings. The van der Waals surface area contributed by atoms with Gasteiger partial charge in [-0.3, -0.25) is 4.79 Å². The van der Waals surface area contributed by atoms with E-state index in [1.54, 1.807) is 0 Å². The predicted molar refractivity (Wildman–Crippen MR) is 68.7 cm³/mol. The quantitative estimate of drug-likeness (QED) is 0.552. The number of rotatable bonds is 10. The Hall–Kier alpha value is -0.570. The average molecular weight is 230 g/mol. The smallest absolute Gasteiger partial charge is 0.306 e. The summed E-state index contributed by atoms with van der Waals surface area (Å²) in [6.07, 6.45) is 9.34. The molecule has 0 bridgehead atoms. The SMILES string of the molecule is N.[CH2]CCCCC(CCCCCC)C(=O)O. The van der Waals surface area contributed by atoms with E-state index >= 15 is 0 Å². The number of unbranched alkanes of at least 4 members (excludes halogenated alkanes) is 5. The lowest BCUT2D eigenvalue weighted by atomic mass is 9.95. The average Bonchev–Trinajstić information content (AvgIpc) is 2.21. The van der Waals surface area contributed by atoms with Crippen LogP contribution in [0.4, 0.5) is 0 Å². The van der Waals surface area contributed by atoms with Gasteiger partial charge in [0.25, 0.3) is 0 Å². The monoisotopic (exact) mass is 230 g/mol. The summed E-state index contributed by atoms with van der Waals surface area (Å²) in [5.41, 5.74) is 0. The van der Waals surface area contributed by atoms with Crippen LogP contribution in [0.25, 0.3) is 0 Å². The highest BCUT2D eigenvalue weighted by Crippen LogP contribution is 2.18. The highest BCUT2D eigenvalue weighted by atomic mass is 16.4. The minimum Gasteiger partial charge on any atom is -0.481 e. The Bertz CT molecular complexity index is 160. The molecule has 4 N–H and O–H groups in total. The van der Waals surface area contributed by atoms with E-state index in [9.17, 15) is 4.79 Å². The molecule has 0 aliphatic heterocycles. The molecule has 0 aliphatic carbocycles. The van der Waals surface area contributed by atoms with E-state index in [1.165, 1.54) is 19.3 Å². The summed E-state index contributed by atoms with van der Waals surface area (Å²) in [5, 5.41) is 9.01. The van der Waals surface area contributed by atoms with E-state index in [-0.39, 0.29) is 12.1 Å². The summed E-state index contributed by atoms with van der Waals surface area (Å²) in [6.45, 7) is 5.94. The maximum atomic E-state index is 10.9. The van der Waals surface area contributed by atoms with Crippen LogP contribution in [-0.2, 0) is 4.79 Å². The molecule has 0 amide bonds. The summed E-state index contributed by atoms with van der Waals surface area (Å²) < 4.78 is 0. The van der Waals surface area contributed by atoms with Gasteiger partial charge in [-0.2, -0.15) is 0 Å². The number of carbonyl (C=O) groups is 1. The van der Waals surface area contributed by atoms with Crippen LogP contribution in [0.3, 0.4) is 0 Å². The normalized spacial score (nSPS) is 11.9. The van der Waals surface area contributed by atoms with Gasteiger partial charge in [0, 0.05) is 0 Å². The summed E-state index contributed by atoms with van der Waals surface area (Å²) >= 11 is 0. The molecule has 0 rings (SSSR count). The van der Waals surface area contributed by atoms with Crippen molar-refractivity contribution in [2.45, 2.75) is 64.7 Å². The molecule has 3 nitrogen and oxygen atoms in total. The van der Waals surface area contributed by atoms with Crippen molar-refractivity contribution >= 4 is 5.97 Å². The first-order valence-corrected chi connectivity index (χ1v) is 6.24. The van der Waals surface area contributed by atoms with Crippen molar-refractivity contribution in [3.8, 4) is 0 Å². The van der Waals surface area contributed by atoms with E-state index in [0.717, 1.165) is 38.5 Å². The molecule has 0 aromatic heterocycles. The fourth-order valence-corrected chi connectivity index (χ4v) is 1.78. The van der Waals surface area contributed by atoms with Crippen LogP contribution < -0.4 is 6.15 Å². The Labute approximate surface area is 100 Å². The van der Waals surface area contributed by atoms with Gasteiger partial charge in [0.1, 0.15) is 0 Å². The van der Waals surface area contributed by atoms with Crippen molar-refractivity contribution in [3.63, 3.8) is 0 Å². The minimum atomic E-state index is -0.615. The standard InChI is InChI=1S/C13H25O2.H3N/c1-3-5-7-9-11-12(13(14)15)10-8-6-4-2;/h12H,2-11H2,1H3,(H,14,15);1H3. The van der Waals surface area contributed by atoms with E-state index in [2.05, 4.69) is 13.8 Å². The molecule has 16 heavy (non-hydrogen) atoms. The molecule has 0 aliphatic rings. The van der Waals surface area contributed by atoms with Gasteiger partial charge < -0.3 is 11.3 Å². The molecule has 97 valence electrons. The molecule has 0 aromatic rings. The second-order valence-electron chi connectivity index (χ2n) is 4.23. The first-order chi connectivity index (χ1) is 7.22. The highest BCUT2D eigenvalue weighted by Gasteiger charge is 2.15. The van der Waals surface area contributed by atoms with Gasteiger partial charge in [-0.1, -0.05) is 58.8 Å². The number of carboxylic acids is 1. The van der Waals surface area contributed by atoms with Crippen molar-refractivity contribution in [3.05, 3.63) is 6.92 Å². The van der Waals surface area contributed by atoms with Crippen LogP contribution >= 0.6 is 0 Å². The van der Waals surface area contributed by atoms with Gasteiger partial charge in [0.2, 0.25) is 0 Å². The van der Waals surface area contributed by atoms with E-state index in [1.807, 2.05) is 0 Å². The largest absolute Gasteiger partial charge is 0.481 e. The first-order valence-electron chi connectivity index (χ1n) is 6.24. The van der Waals surface area contributed by atoms with Crippen molar-refractivity contribution in [1.29, 1.82) is 0 Å². The molecular weight excluding hydrogens is 202 g/mol. The zero-order valence-corrected chi connectivity index (χ0v) is 10.7. The zero-order chi connectivity index (χ0) is 11.5. The molecule has 3 heteroatoms. The van der Waals surface area contributed by atoms with Gasteiger partial charge >= 0.3 is 5.97 Å². The number of carboxylic acid groups (broad SMARTS) is 1. The van der Waals surface area contributed by atoms with Crippen LogP contribution in [0, 0.1) is 12.8 Å². The summed E-state index contributed by atoms with van der Waals surface area (Å²) in [4.78, 5) is 10.9. The van der Waals surface area contributed by atoms with Crippen molar-refractivity contribution < 1.29 is 9.90 Å². The van der Waals surface area contributed by atoms with Crippen molar-refractivity contribution in [1.82, 2.24) is 6.15 Å². The maximum absolute atomic E-state index is 10.9. The Kier molecular flexibility index (Phi) is 13.9. The molecule has 1 atom stereocenters. The van der Waals surface area contributed by atoms with E-state index in [0.29, 0.717) is 0 Å². The maximum Gasteiger partial charge on any atom is 0.306 e. The Morgan fingerprint density at radius 3 is 2.12 bits per heavy atom. The lowest BCUT2D eigenvalue weighted by molar-refractivity contribution is -0.142. The topological polar surface area (TPSA) is 72.3 Å². The molecule has 1 radical (unpaired) electrons. The third-order valence-electron chi connectivity index (χ3n) is 2.81. The molecular formula is C13H28NO2. The van der Waals surface area contributed by atoms with Crippen molar-refractivity contribution in [2.75, 3.05) is 0 Å². The Morgan fingerprint density at radius 2 is 1.69 bits per heavy atom. The molecule has 1 unspecified atom stereocenters. The molecule has 0 heterocycles. The van der Waals surface area contributed by atoms with E-state index < -0.39 is 5.97 Å². The summed E-state index contributed by atoms with van der Waals surface area (Å²) in [6, 6.07) is 0. The fraction of sp³-hybridized carbons (Fsp3) is 0.846. The minimum absolute atomic E-state index is 0. The molecule has 0 saturated carbocycles.